The molecular formula is C12H15BrFNS. The molecule has 1 saturated heterocycles. The van der Waals surface area contributed by atoms with E-state index in [1.54, 1.807) is 12.1 Å². The smallest absolute Gasteiger partial charge is 0.123 e. The third-order valence-electron chi connectivity index (χ3n) is 2.81. The van der Waals surface area contributed by atoms with Gasteiger partial charge in [0.1, 0.15) is 5.82 Å². The molecule has 1 aromatic carbocycles. The molecule has 0 bridgehead atoms. The zero-order valence-corrected chi connectivity index (χ0v) is 11.4. The van der Waals surface area contributed by atoms with Crippen molar-refractivity contribution in [2.24, 2.45) is 0 Å². The largest absolute Gasteiger partial charge is 0.310 e. The Balaban J connectivity index is 1.90. The Bertz CT molecular complexity index is 353. The van der Waals surface area contributed by atoms with Gasteiger partial charge in [0, 0.05) is 17.1 Å². The summed E-state index contributed by atoms with van der Waals surface area (Å²) in [7, 11) is 0. The molecule has 1 heterocycles. The summed E-state index contributed by atoms with van der Waals surface area (Å²) in [5.74, 6) is 2.31. The minimum atomic E-state index is -0.167. The Kier molecular flexibility index (Phi) is 4.67. The van der Waals surface area contributed by atoms with Crippen LogP contribution >= 0.6 is 27.7 Å². The van der Waals surface area contributed by atoms with Crippen LogP contribution < -0.4 is 5.32 Å². The van der Waals surface area contributed by atoms with Crippen molar-refractivity contribution < 1.29 is 4.39 Å². The number of halogens is 2. The molecule has 2 rings (SSSR count). The SMILES string of the molecule is Fc1ccc(Br)c(CNC2CCSCC2)c1. The predicted molar refractivity (Wildman–Crippen MR) is 71.3 cm³/mol. The Morgan fingerprint density at radius 1 is 1.38 bits per heavy atom. The van der Waals surface area contributed by atoms with Gasteiger partial charge in [0.25, 0.3) is 0 Å². The van der Waals surface area contributed by atoms with Gasteiger partial charge in [-0.3, -0.25) is 0 Å². The van der Waals surface area contributed by atoms with E-state index in [1.807, 2.05) is 11.8 Å². The zero-order chi connectivity index (χ0) is 11.4. The molecule has 16 heavy (non-hydrogen) atoms. The maximum atomic E-state index is 13.1. The highest BCUT2D eigenvalue weighted by Gasteiger charge is 2.13. The van der Waals surface area contributed by atoms with E-state index < -0.39 is 0 Å². The predicted octanol–water partition coefficient (Wildman–Crippen LogP) is 3.57. The van der Waals surface area contributed by atoms with Crippen LogP contribution in [0, 0.1) is 5.82 Å². The van der Waals surface area contributed by atoms with Gasteiger partial charge < -0.3 is 5.32 Å². The normalized spacial score (nSPS) is 17.6. The lowest BCUT2D eigenvalue weighted by atomic mass is 10.1. The molecule has 0 saturated carbocycles. The highest BCUT2D eigenvalue weighted by Crippen LogP contribution is 2.20. The second kappa shape index (κ2) is 6.03. The van der Waals surface area contributed by atoms with Gasteiger partial charge >= 0.3 is 0 Å². The molecule has 1 N–H and O–H groups in total. The van der Waals surface area contributed by atoms with E-state index in [0.717, 1.165) is 16.6 Å². The third-order valence-corrected chi connectivity index (χ3v) is 4.63. The number of hydrogen-bond donors (Lipinski definition) is 1. The molecule has 1 aliphatic rings. The van der Waals surface area contributed by atoms with Crippen molar-refractivity contribution >= 4 is 27.7 Å². The summed E-state index contributed by atoms with van der Waals surface area (Å²) in [6.07, 6.45) is 2.44. The van der Waals surface area contributed by atoms with Crippen LogP contribution in [-0.4, -0.2) is 17.5 Å². The first kappa shape index (κ1) is 12.4. The van der Waals surface area contributed by atoms with Crippen LogP contribution in [0.2, 0.25) is 0 Å². The third kappa shape index (κ3) is 3.47. The molecule has 1 nitrogen and oxygen atoms in total. The van der Waals surface area contributed by atoms with Gasteiger partial charge in [0.15, 0.2) is 0 Å². The standard InChI is InChI=1S/C12H15BrFNS/c13-12-2-1-10(14)7-9(12)8-15-11-3-5-16-6-4-11/h1-2,7,11,15H,3-6,8H2. The van der Waals surface area contributed by atoms with Crippen LogP contribution in [-0.2, 0) is 6.54 Å². The lowest BCUT2D eigenvalue weighted by molar-refractivity contribution is 0.480. The van der Waals surface area contributed by atoms with Gasteiger partial charge in [-0.05, 0) is 48.1 Å². The molecule has 0 atom stereocenters. The molecule has 0 spiro atoms. The van der Waals surface area contributed by atoms with E-state index >= 15 is 0 Å². The summed E-state index contributed by atoms with van der Waals surface area (Å²) in [6.45, 7) is 0.744. The van der Waals surface area contributed by atoms with E-state index in [0.29, 0.717) is 6.04 Å². The first-order chi connectivity index (χ1) is 7.75. The van der Waals surface area contributed by atoms with Crippen molar-refractivity contribution in [3.8, 4) is 0 Å². The monoisotopic (exact) mass is 303 g/mol. The van der Waals surface area contributed by atoms with Crippen molar-refractivity contribution in [3.63, 3.8) is 0 Å². The van der Waals surface area contributed by atoms with E-state index in [9.17, 15) is 4.39 Å². The Morgan fingerprint density at radius 3 is 2.88 bits per heavy atom. The summed E-state index contributed by atoms with van der Waals surface area (Å²) in [5, 5.41) is 3.50. The molecule has 0 radical (unpaired) electrons. The van der Waals surface area contributed by atoms with Crippen LogP contribution in [0.5, 0.6) is 0 Å². The maximum absolute atomic E-state index is 13.1. The van der Waals surface area contributed by atoms with Gasteiger partial charge in [-0.25, -0.2) is 4.39 Å². The molecule has 0 aliphatic carbocycles. The molecule has 1 fully saturated rings. The average molecular weight is 304 g/mol. The Labute approximate surface area is 108 Å². The van der Waals surface area contributed by atoms with Crippen molar-refractivity contribution in [3.05, 3.63) is 34.1 Å². The van der Waals surface area contributed by atoms with E-state index in [2.05, 4.69) is 21.2 Å². The second-order valence-electron chi connectivity index (χ2n) is 4.00. The Morgan fingerprint density at radius 2 is 2.12 bits per heavy atom. The fourth-order valence-electron chi connectivity index (χ4n) is 1.83. The van der Waals surface area contributed by atoms with Crippen molar-refractivity contribution in [2.75, 3.05) is 11.5 Å². The number of rotatable bonds is 3. The second-order valence-corrected chi connectivity index (χ2v) is 6.08. The van der Waals surface area contributed by atoms with E-state index in [1.165, 1.54) is 30.4 Å². The van der Waals surface area contributed by atoms with Crippen LogP contribution in [0.4, 0.5) is 4.39 Å². The van der Waals surface area contributed by atoms with Crippen molar-refractivity contribution in [2.45, 2.75) is 25.4 Å². The molecule has 0 aromatic heterocycles. The summed E-state index contributed by atoms with van der Waals surface area (Å²) < 4.78 is 14.0. The van der Waals surface area contributed by atoms with E-state index in [4.69, 9.17) is 0 Å². The molecule has 4 heteroatoms. The van der Waals surface area contributed by atoms with Gasteiger partial charge in [-0.15, -0.1) is 0 Å². The number of benzene rings is 1. The van der Waals surface area contributed by atoms with Gasteiger partial charge in [0.2, 0.25) is 0 Å². The van der Waals surface area contributed by atoms with Crippen LogP contribution in [0.25, 0.3) is 0 Å². The topological polar surface area (TPSA) is 12.0 Å². The number of nitrogens with one attached hydrogen (secondary N) is 1. The average Bonchev–Trinajstić information content (AvgIpc) is 2.32. The van der Waals surface area contributed by atoms with Gasteiger partial charge in [-0.1, -0.05) is 15.9 Å². The fourth-order valence-corrected chi connectivity index (χ4v) is 3.33. The molecule has 0 amide bonds. The van der Waals surface area contributed by atoms with Crippen LogP contribution in [0.3, 0.4) is 0 Å². The summed E-state index contributed by atoms with van der Waals surface area (Å²) in [4.78, 5) is 0. The number of hydrogen-bond acceptors (Lipinski definition) is 2. The minimum absolute atomic E-state index is 0.167. The molecular weight excluding hydrogens is 289 g/mol. The minimum Gasteiger partial charge on any atom is -0.310 e. The lowest BCUT2D eigenvalue weighted by Gasteiger charge is -2.22. The molecule has 1 aliphatic heterocycles. The summed E-state index contributed by atoms with van der Waals surface area (Å²) in [5.41, 5.74) is 0.998. The zero-order valence-electron chi connectivity index (χ0n) is 9.01. The van der Waals surface area contributed by atoms with Gasteiger partial charge in [0.05, 0.1) is 0 Å². The molecule has 1 aromatic rings. The van der Waals surface area contributed by atoms with Crippen LogP contribution in [0.15, 0.2) is 22.7 Å². The highest BCUT2D eigenvalue weighted by molar-refractivity contribution is 9.10. The van der Waals surface area contributed by atoms with E-state index in [-0.39, 0.29) is 5.82 Å². The quantitative estimate of drug-likeness (QED) is 0.916. The maximum Gasteiger partial charge on any atom is 0.123 e. The highest BCUT2D eigenvalue weighted by atomic mass is 79.9. The lowest BCUT2D eigenvalue weighted by Crippen LogP contribution is -2.32. The first-order valence-corrected chi connectivity index (χ1v) is 7.45. The first-order valence-electron chi connectivity index (χ1n) is 5.51. The van der Waals surface area contributed by atoms with Crippen molar-refractivity contribution in [1.29, 1.82) is 0 Å². The van der Waals surface area contributed by atoms with Gasteiger partial charge in [-0.2, -0.15) is 11.8 Å². The molecule has 0 unspecified atom stereocenters. The fraction of sp³-hybridized carbons (Fsp3) is 0.500. The van der Waals surface area contributed by atoms with Crippen LogP contribution in [0.1, 0.15) is 18.4 Å². The summed E-state index contributed by atoms with van der Waals surface area (Å²) >= 11 is 5.46. The number of thioether (sulfide) groups is 1. The molecule has 88 valence electrons. The summed E-state index contributed by atoms with van der Waals surface area (Å²) in [6, 6.07) is 5.43. The Hall–Kier alpha value is -0.0600. The van der Waals surface area contributed by atoms with Crippen molar-refractivity contribution in [1.82, 2.24) is 5.32 Å².